The maximum absolute atomic E-state index is 12.6. The number of aliphatic hydroxyl groups excluding tert-OH is 1. The second-order valence-electron chi connectivity index (χ2n) is 5.45. The van der Waals surface area contributed by atoms with Crippen LogP contribution in [0.2, 0.25) is 0 Å². The molecule has 0 aliphatic heterocycles. The number of carboxylic acids is 1. The zero-order valence-electron chi connectivity index (χ0n) is 11.9. The van der Waals surface area contributed by atoms with Crippen LogP contribution in [0.1, 0.15) is 24.8 Å². The number of amides is 1. The van der Waals surface area contributed by atoms with Crippen molar-refractivity contribution in [3.8, 4) is 0 Å². The number of nitrogens with zero attached hydrogens (tertiary/aromatic N) is 1. The lowest BCUT2D eigenvalue weighted by molar-refractivity contribution is -0.149. The van der Waals surface area contributed by atoms with Gasteiger partial charge in [0.15, 0.2) is 0 Å². The second kappa shape index (κ2) is 7.22. The molecule has 1 saturated carbocycles. The van der Waals surface area contributed by atoms with Gasteiger partial charge in [-0.1, -0.05) is 36.8 Å². The number of aliphatic carboxylic acids is 1. The Bertz CT molecular complexity index is 488. The average Bonchev–Trinajstić information content (AvgIpc) is 2.97. The van der Waals surface area contributed by atoms with Crippen LogP contribution in [0.5, 0.6) is 0 Å². The van der Waals surface area contributed by atoms with E-state index in [1.165, 1.54) is 0 Å². The first kappa shape index (κ1) is 15.5. The van der Waals surface area contributed by atoms with Gasteiger partial charge >= 0.3 is 5.97 Å². The zero-order valence-corrected chi connectivity index (χ0v) is 11.9. The Balaban J connectivity index is 2.10. The van der Waals surface area contributed by atoms with E-state index in [4.69, 9.17) is 0 Å². The van der Waals surface area contributed by atoms with Crippen molar-refractivity contribution in [3.05, 3.63) is 35.9 Å². The monoisotopic (exact) mass is 291 g/mol. The smallest absolute Gasteiger partial charge is 0.307 e. The Morgan fingerprint density at radius 1 is 1.14 bits per heavy atom. The van der Waals surface area contributed by atoms with Gasteiger partial charge in [-0.15, -0.1) is 0 Å². The standard InChI is InChI=1S/C16H21NO4/c18-10-9-17(11-12-5-2-1-3-6-12)15(19)13-7-4-8-14(13)16(20)21/h1-3,5-6,13-14,18H,4,7-11H2,(H,20,21). The lowest BCUT2D eigenvalue weighted by Gasteiger charge is -2.26. The SMILES string of the molecule is O=C(O)C1CCCC1C(=O)N(CCO)Cc1ccccc1. The van der Waals surface area contributed by atoms with Crippen molar-refractivity contribution < 1.29 is 19.8 Å². The van der Waals surface area contributed by atoms with Crippen LogP contribution in [0.4, 0.5) is 0 Å². The van der Waals surface area contributed by atoms with Gasteiger partial charge in [0.1, 0.15) is 0 Å². The van der Waals surface area contributed by atoms with Gasteiger partial charge in [0.25, 0.3) is 0 Å². The molecule has 1 aromatic carbocycles. The molecule has 1 aromatic rings. The van der Waals surface area contributed by atoms with Crippen molar-refractivity contribution in [2.75, 3.05) is 13.2 Å². The lowest BCUT2D eigenvalue weighted by atomic mass is 9.94. The minimum atomic E-state index is -0.894. The summed E-state index contributed by atoms with van der Waals surface area (Å²) in [4.78, 5) is 25.4. The Morgan fingerprint density at radius 3 is 2.43 bits per heavy atom. The Hall–Kier alpha value is -1.88. The molecule has 2 atom stereocenters. The van der Waals surface area contributed by atoms with Crippen molar-refractivity contribution in [1.82, 2.24) is 4.90 Å². The number of carboxylic acid groups (broad SMARTS) is 1. The number of hydrogen-bond donors (Lipinski definition) is 2. The fourth-order valence-corrected chi connectivity index (χ4v) is 2.98. The van der Waals surface area contributed by atoms with E-state index in [2.05, 4.69) is 0 Å². The summed E-state index contributed by atoms with van der Waals surface area (Å²) in [6.07, 6.45) is 1.95. The molecule has 0 spiro atoms. The van der Waals surface area contributed by atoms with E-state index in [1.807, 2.05) is 30.3 Å². The molecule has 2 rings (SSSR count). The molecule has 0 saturated heterocycles. The van der Waals surface area contributed by atoms with Crippen LogP contribution in [-0.4, -0.2) is 40.1 Å². The van der Waals surface area contributed by atoms with Crippen molar-refractivity contribution >= 4 is 11.9 Å². The van der Waals surface area contributed by atoms with Gasteiger partial charge < -0.3 is 15.1 Å². The summed E-state index contributed by atoms with van der Waals surface area (Å²) in [5, 5.41) is 18.4. The highest BCUT2D eigenvalue weighted by molar-refractivity contribution is 5.85. The first-order chi connectivity index (χ1) is 10.1. The molecule has 1 amide bonds. The summed E-state index contributed by atoms with van der Waals surface area (Å²) >= 11 is 0. The fourth-order valence-electron chi connectivity index (χ4n) is 2.98. The molecule has 1 aliphatic carbocycles. The summed E-state index contributed by atoms with van der Waals surface area (Å²) in [5.41, 5.74) is 0.976. The van der Waals surface area contributed by atoms with E-state index < -0.39 is 17.8 Å². The third kappa shape index (κ3) is 3.82. The van der Waals surface area contributed by atoms with Crippen molar-refractivity contribution in [2.24, 2.45) is 11.8 Å². The molecule has 21 heavy (non-hydrogen) atoms. The van der Waals surface area contributed by atoms with Gasteiger partial charge in [-0.05, 0) is 18.4 Å². The molecule has 0 aromatic heterocycles. The first-order valence-electron chi connectivity index (χ1n) is 7.30. The summed E-state index contributed by atoms with van der Waals surface area (Å²) < 4.78 is 0. The van der Waals surface area contributed by atoms with Gasteiger partial charge in [0, 0.05) is 13.1 Å². The van der Waals surface area contributed by atoms with Gasteiger partial charge in [0.05, 0.1) is 18.4 Å². The Morgan fingerprint density at radius 2 is 1.81 bits per heavy atom. The number of benzene rings is 1. The van der Waals surface area contributed by atoms with Crippen LogP contribution in [0, 0.1) is 11.8 Å². The lowest BCUT2D eigenvalue weighted by Crippen LogP contribution is -2.40. The summed E-state index contributed by atoms with van der Waals surface area (Å²) in [6.45, 7) is 0.517. The summed E-state index contributed by atoms with van der Waals surface area (Å²) in [6, 6.07) is 9.53. The molecule has 1 aliphatic rings. The number of carbonyl (C=O) groups excluding carboxylic acids is 1. The van der Waals surface area contributed by atoms with Gasteiger partial charge in [-0.2, -0.15) is 0 Å². The normalized spacial score (nSPS) is 21.2. The number of rotatable bonds is 6. The molecule has 0 heterocycles. The van der Waals surface area contributed by atoms with E-state index in [0.717, 1.165) is 12.0 Å². The third-order valence-electron chi connectivity index (χ3n) is 4.05. The summed E-state index contributed by atoms with van der Waals surface area (Å²) in [7, 11) is 0. The van der Waals surface area contributed by atoms with Crippen molar-refractivity contribution in [3.63, 3.8) is 0 Å². The van der Waals surface area contributed by atoms with Gasteiger partial charge in [-0.3, -0.25) is 9.59 Å². The molecule has 114 valence electrons. The van der Waals surface area contributed by atoms with Gasteiger partial charge in [-0.25, -0.2) is 0 Å². The molecule has 5 nitrogen and oxygen atoms in total. The Kier molecular flexibility index (Phi) is 5.33. The van der Waals surface area contributed by atoms with E-state index in [9.17, 15) is 19.8 Å². The highest BCUT2D eigenvalue weighted by atomic mass is 16.4. The van der Waals surface area contributed by atoms with E-state index >= 15 is 0 Å². The number of hydrogen-bond acceptors (Lipinski definition) is 3. The topological polar surface area (TPSA) is 77.8 Å². The zero-order chi connectivity index (χ0) is 15.2. The maximum Gasteiger partial charge on any atom is 0.307 e. The van der Waals surface area contributed by atoms with Crippen LogP contribution >= 0.6 is 0 Å². The molecule has 0 bridgehead atoms. The van der Waals surface area contributed by atoms with E-state index in [-0.39, 0.29) is 19.1 Å². The number of carbonyl (C=O) groups is 2. The first-order valence-corrected chi connectivity index (χ1v) is 7.30. The summed E-state index contributed by atoms with van der Waals surface area (Å²) in [5.74, 6) is -2.10. The molecular formula is C16H21NO4. The van der Waals surface area contributed by atoms with Crippen LogP contribution in [0.3, 0.4) is 0 Å². The van der Waals surface area contributed by atoms with Crippen molar-refractivity contribution in [2.45, 2.75) is 25.8 Å². The molecule has 2 unspecified atom stereocenters. The molecular weight excluding hydrogens is 270 g/mol. The third-order valence-corrected chi connectivity index (χ3v) is 4.05. The predicted molar refractivity (Wildman–Crippen MR) is 77.4 cm³/mol. The van der Waals surface area contributed by atoms with E-state index in [0.29, 0.717) is 19.4 Å². The minimum Gasteiger partial charge on any atom is -0.481 e. The Labute approximate surface area is 124 Å². The van der Waals surface area contributed by atoms with Crippen LogP contribution in [0.25, 0.3) is 0 Å². The second-order valence-corrected chi connectivity index (χ2v) is 5.45. The highest BCUT2D eigenvalue weighted by Gasteiger charge is 2.39. The molecule has 2 N–H and O–H groups in total. The quantitative estimate of drug-likeness (QED) is 0.833. The highest BCUT2D eigenvalue weighted by Crippen LogP contribution is 2.33. The average molecular weight is 291 g/mol. The largest absolute Gasteiger partial charge is 0.481 e. The van der Waals surface area contributed by atoms with Crippen LogP contribution in [-0.2, 0) is 16.1 Å². The van der Waals surface area contributed by atoms with Crippen LogP contribution in [0.15, 0.2) is 30.3 Å². The van der Waals surface area contributed by atoms with Crippen molar-refractivity contribution in [1.29, 1.82) is 0 Å². The molecule has 0 radical (unpaired) electrons. The minimum absolute atomic E-state index is 0.122. The number of aliphatic hydroxyl groups is 1. The molecule has 1 fully saturated rings. The predicted octanol–water partition coefficient (Wildman–Crippen LogP) is 1.51. The van der Waals surface area contributed by atoms with Gasteiger partial charge in [0.2, 0.25) is 5.91 Å². The van der Waals surface area contributed by atoms with Crippen LogP contribution < -0.4 is 0 Å². The fraction of sp³-hybridized carbons (Fsp3) is 0.500. The van der Waals surface area contributed by atoms with E-state index in [1.54, 1.807) is 4.90 Å². The molecule has 5 heteroatoms. The maximum atomic E-state index is 12.6.